The highest BCUT2D eigenvalue weighted by Crippen LogP contribution is 2.26. The van der Waals surface area contributed by atoms with Gasteiger partial charge in [-0.2, -0.15) is 5.26 Å². The molecule has 1 aromatic carbocycles. The summed E-state index contributed by atoms with van der Waals surface area (Å²) < 4.78 is 14.2. The molecule has 1 aliphatic rings. The Morgan fingerprint density at radius 2 is 2.15 bits per heavy atom. The molecule has 1 saturated carbocycles. The van der Waals surface area contributed by atoms with Crippen molar-refractivity contribution in [3.8, 4) is 6.07 Å². The number of nitriles is 1. The molecule has 20 heavy (non-hydrogen) atoms. The molecule has 1 fully saturated rings. The van der Waals surface area contributed by atoms with Crippen LogP contribution in [0.3, 0.4) is 0 Å². The molecule has 2 rings (SSSR count). The van der Waals surface area contributed by atoms with Crippen LogP contribution in [0.4, 0.5) is 10.1 Å². The summed E-state index contributed by atoms with van der Waals surface area (Å²) in [6.07, 6.45) is 5.18. The minimum atomic E-state index is -0.396. The normalized spacial score (nSPS) is 15.6. The third-order valence-electron chi connectivity index (χ3n) is 3.93. The number of nitrogens with one attached hydrogen (secondary N) is 1. The van der Waals surface area contributed by atoms with E-state index in [-0.39, 0.29) is 4.47 Å². The predicted molar refractivity (Wildman–Crippen MR) is 82.2 cm³/mol. The molecule has 0 aromatic heterocycles. The lowest BCUT2D eigenvalue weighted by atomic mass is 10.2. The van der Waals surface area contributed by atoms with Crippen LogP contribution in [-0.4, -0.2) is 31.1 Å². The molecule has 108 valence electrons. The Bertz CT molecular complexity index is 507. The van der Waals surface area contributed by atoms with E-state index in [4.69, 9.17) is 5.26 Å². The zero-order valence-corrected chi connectivity index (χ0v) is 13.2. The average Bonchev–Trinajstić information content (AvgIpc) is 2.98. The summed E-state index contributed by atoms with van der Waals surface area (Å²) >= 11 is 3.12. The maximum absolute atomic E-state index is 14.0. The number of halogens is 2. The van der Waals surface area contributed by atoms with Crippen LogP contribution in [0, 0.1) is 17.1 Å². The van der Waals surface area contributed by atoms with E-state index in [1.54, 1.807) is 12.1 Å². The topological polar surface area (TPSA) is 39.1 Å². The van der Waals surface area contributed by atoms with Gasteiger partial charge in [0.1, 0.15) is 6.07 Å². The van der Waals surface area contributed by atoms with E-state index in [9.17, 15) is 4.39 Å². The molecule has 0 spiro atoms. The van der Waals surface area contributed by atoms with E-state index in [1.807, 2.05) is 6.07 Å². The molecule has 0 bridgehead atoms. The van der Waals surface area contributed by atoms with Crippen molar-refractivity contribution in [3.05, 3.63) is 28.0 Å². The smallest absolute Gasteiger partial charge is 0.161 e. The Labute approximate surface area is 127 Å². The molecular formula is C15H19BrFN3. The first-order valence-corrected chi connectivity index (χ1v) is 7.75. The molecule has 5 heteroatoms. The maximum Gasteiger partial charge on any atom is 0.161 e. The zero-order chi connectivity index (χ0) is 14.5. The highest BCUT2D eigenvalue weighted by atomic mass is 79.9. The Morgan fingerprint density at radius 3 is 2.80 bits per heavy atom. The van der Waals surface area contributed by atoms with Gasteiger partial charge in [-0.15, -0.1) is 0 Å². The van der Waals surface area contributed by atoms with Crippen LogP contribution in [0.5, 0.6) is 0 Å². The molecule has 0 amide bonds. The van der Waals surface area contributed by atoms with Crippen molar-refractivity contribution in [2.24, 2.45) is 0 Å². The number of rotatable bonds is 5. The lowest BCUT2D eigenvalue weighted by molar-refractivity contribution is 0.254. The summed E-state index contributed by atoms with van der Waals surface area (Å²) in [6.45, 7) is 1.59. The van der Waals surface area contributed by atoms with Crippen LogP contribution in [0.1, 0.15) is 31.2 Å². The van der Waals surface area contributed by atoms with Gasteiger partial charge in [-0.25, -0.2) is 4.39 Å². The molecule has 0 saturated heterocycles. The second kappa shape index (κ2) is 7.05. The van der Waals surface area contributed by atoms with Gasteiger partial charge in [-0.1, -0.05) is 12.8 Å². The molecule has 0 aliphatic heterocycles. The fraction of sp³-hybridized carbons (Fsp3) is 0.533. The van der Waals surface area contributed by atoms with Gasteiger partial charge >= 0.3 is 0 Å². The van der Waals surface area contributed by atoms with Gasteiger partial charge in [0.15, 0.2) is 5.82 Å². The molecule has 0 radical (unpaired) electrons. The van der Waals surface area contributed by atoms with Crippen LogP contribution >= 0.6 is 15.9 Å². The molecular weight excluding hydrogens is 321 g/mol. The molecule has 1 aliphatic carbocycles. The second-order valence-corrected chi connectivity index (χ2v) is 6.04. The predicted octanol–water partition coefficient (Wildman–Crippen LogP) is 3.75. The van der Waals surface area contributed by atoms with Crippen LogP contribution in [0.2, 0.25) is 0 Å². The van der Waals surface area contributed by atoms with Gasteiger partial charge in [-0.05, 0) is 48.0 Å². The van der Waals surface area contributed by atoms with Crippen molar-refractivity contribution in [1.29, 1.82) is 5.26 Å². The van der Waals surface area contributed by atoms with Gasteiger partial charge in [0.2, 0.25) is 0 Å². The van der Waals surface area contributed by atoms with Gasteiger partial charge in [-0.3, -0.25) is 0 Å². The Kier molecular flexibility index (Phi) is 5.38. The number of benzene rings is 1. The summed E-state index contributed by atoms with van der Waals surface area (Å²) in [6, 6.07) is 5.87. The van der Waals surface area contributed by atoms with E-state index in [1.165, 1.54) is 25.7 Å². The SMILES string of the molecule is CN(CCNc1ccc(C#N)c(Br)c1F)C1CCCC1. The quantitative estimate of drug-likeness (QED) is 0.887. The zero-order valence-electron chi connectivity index (χ0n) is 11.6. The number of hydrogen-bond donors (Lipinski definition) is 1. The van der Waals surface area contributed by atoms with Crippen molar-refractivity contribution in [1.82, 2.24) is 4.90 Å². The third-order valence-corrected chi connectivity index (χ3v) is 4.71. The molecule has 1 aromatic rings. The van der Waals surface area contributed by atoms with Gasteiger partial charge in [0, 0.05) is 19.1 Å². The molecule has 0 heterocycles. The van der Waals surface area contributed by atoms with Crippen LogP contribution in [-0.2, 0) is 0 Å². The summed E-state index contributed by atoms with van der Waals surface area (Å²) in [4.78, 5) is 2.34. The molecule has 0 unspecified atom stereocenters. The van der Waals surface area contributed by atoms with E-state index < -0.39 is 5.82 Å². The molecule has 3 nitrogen and oxygen atoms in total. The molecule has 0 atom stereocenters. The van der Waals surface area contributed by atoms with E-state index >= 15 is 0 Å². The van der Waals surface area contributed by atoms with E-state index in [0.717, 1.165) is 6.54 Å². The number of nitrogens with zero attached hydrogens (tertiary/aromatic N) is 2. The van der Waals surface area contributed by atoms with E-state index in [0.29, 0.717) is 23.8 Å². The first-order chi connectivity index (χ1) is 9.63. The summed E-state index contributed by atoms with van der Waals surface area (Å²) in [5, 5.41) is 11.9. The highest BCUT2D eigenvalue weighted by Gasteiger charge is 2.19. The Balaban J connectivity index is 1.88. The summed E-state index contributed by atoms with van der Waals surface area (Å²) in [7, 11) is 2.13. The van der Waals surface area contributed by atoms with Gasteiger partial charge < -0.3 is 10.2 Å². The van der Waals surface area contributed by atoms with Crippen molar-refractivity contribution in [2.75, 3.05) is 25.5 Å². The fourth-order valence-electron chi connectivity index (χ4n) is 2.67. The van der Waals surface area contributed by atoms with Crippen molar-refractivity contribution in [2.45, 2.75) is 31.7 Å². The first-order valence-electron chi connectivity index (χ1n) is 6.95. The first kappa shape index (κ1) is 15.3. The number of anilines is 1. The van der Waals surface area contributed by atoms with Crippen molar-refractivity contribution >= 4 is 21.6 Å². The molecule has 1 N–H and O–H groups in total. The minimum Gasteiger partial charge on any atom is -0.381 e. The average molecular weight is 340 g/mol. The highest BCUT2D eigenvalue weighted by molar-refractivity contribution is 9.10. The van der Waals surface area contributed by atoms with E-state index in [2.05, 4.69) is 33.2 Å². The Morgan fingerprint density at radius 1 is 1.45 bits per heavy atom. The van der Waals surface area contributed by atoms with Crippen molar-refractivity contribution in [3.63, 3.8) is 0 Å². The minimum absolute atomic E-state index is 0.231. The number of likely N-dealkylation sites (N-methyl/N-ethyl adjacent to an activating group) is 1. The van der Waals surface area contributed by atoms with Crippen LogP contribution in [0.25, 0.3) is 0 Å². The second-order valence-electron chi connectivity index (χ2n) is 5.25. The van der Waals surface area contributed by atoms with Gasteiger partial charge in [0.05, 0.1) is 15.7 Å². The lowest BCUT2D eigenvalue weighted by Gasteiger charge is -2.24. The largest absolute Gasteiger partial charge is 0.381 e. The van der Waals surface area contributed by atoms with Gasteiger partial charge in [0.25, 0.3) is 0 Å². The lowest BCUT2D eigenvalue weighted by Crippen LogP contribution is -2.33. The standard InChI is InChI=1S/C15H19BrFN3/c1-20(12-4-2-3-5-12)9-8-19-13-7-6-11(10-18)14(16)15(13)17/h6-7,12,19H,2-5,8-9H2,1H3. The Hall–Kier alpha value is -1.12. The summed E-state index contributed by atoms with van der Waals surface area (Å²) in [5.41, 5.74) is 0.756. The third kappa shape index (κ3) is 3.50. The fourth-order valence-corrected chi connectivity index (χ4v) is 3.10. The number of hydrogen-bond acceptors (Lipinski definition) is 3. The van der Waals surface area contributed by atoms with Crippen molar-refractivity contribution < 1.29 is 4.39 Å². The monoisotopic (exact) mass is 339 g/mol. The maximum atomic E-state index is 14.0. The summed E-state index contributed by atoms with van der Waals surface area (Å²) in [5.74, 6) is -0.396. The van der Waals surface area contributed by atoms with Crippen LogP contribution in [0.15, 0.2) is 16.6 Å². The van der Waals surface area contributed by atoms with Crippen LogP contribution < -0.4 is 5.32 Å².